The van der Waals surface area contributed by atoms with Crippen LogP contribution in [-0.4, -0.2) is 45.8 Å². The zero-order valence-electron chi connectivity index (χ0n) is 18.2. The fourth-order valence-corrected chi connectivity index (χ4v) is 3.84. The highest BCUT2D eigenvalue weighted by Crippen LogP contribution is 2.13. The Morgan fingerprint density at radius 3 is 2.06 bits per heavy atom. The molecule has 1 aliphatic heterocycles. The van der Waals surface area contributed by atoms with E-state index >= 15 is 0 Å². The van der Waals surface area contributed by atoms with Gasteiger partial charge >= 0.3 is 0 Å². The van der Waals surface area contributed by atoms with E-state index in [9.17, 15) is 0 Å². The van der Waals surface area contributed by atoms with Crippen molar-refractivity contribution >= 4 is 5.96 Å². The Bertz CT molecular complexity index is 941. The van der Waals surface area contributed by atoms with E-state index < -0.39 is 0 Å². The molecule has 4 rings (SSSR count). The molecule has 0 unspecified atom stereocenters. The van der Waals surface area contributed by atoms with Gasteiger partial charge in [-0.05, 0) is 54.8 Å². The molecule has 7 heteroatoms. The summed E-state index contributed by atoms with van der Waals surface area (Å²) in [5, 5.41) is 10.9. The molecule has 1 aliphatic rings. The molecule has 0 radical (unpaired) electrons. The fraction of sp³-hybridized carbons (Fsp3) is 0.375. The molecule has 2 heterocycles. The molecule has 3 aromatic rings. The van der Waals surface area contributed by atoms with Crippen molar-refractivity contribution in [2.75, 3.05) is 20.1 Å². The van der Waals surface area contributed by atoms with Gasteiger partial charge in [-0.3, -0.25) is 9.89 Å². The molecule has 0 amide bonds. The lowest BCUT2D eigenvalue weighted by molar-refractivity contribution is 0.221. The number of nitrogens with one attached hydrogen (secondary N) is 2. The summed E-state index contributed by atoms with van der Waals surface area (Å²) in [7, 11) is 1.80. The number of aliphatic imine (C=N–C) groups is 1. The van der Waals surface area contributed by atoms with Gasteiger partial charge in [0.2, 0.25) is 0 Å². The Morgan fingerprint density at radius 2 is 1.48 bits per heavy atom. The van der Waals surface area contributed by atoms with Crippen LogP contribution >= 0.6 is 0 Å². The van der Waals surface area contributed by atoms with Gasteiger partial charge in [-0.1, -0.05) is 42.8 Å². The van der Waals surface area contributed by atoms with Crippen molar-refractivity contribution in [3.05, 3.63) is 77.9 Å². The molecule has 0 saturated carbocycles. The number of rotatable bonds is 7. The first kappa shape index (κ1) is 21.1. The molecule has 162 valence electrons. The lowest BCUT2D eigenvalue weighted by atomic mass is 10.1. The van der Waals surface area contributed by atoms with Gasteiger partial charge in [0.1, 0.15) is 12.7 Å². The minimum atomic E-state index is 0.700. The summed E-state index contributed by atoms with van der Waals surface area (Å²) in [4.78, 5) is 10.9. The van der Waals surface area contributed by atoms with Crippen LogP contribution in [0.5, 0.6) is 0 Å². The largest absolute Gasteiger partial charge is 0.352 e. The number of hydrogen-bond acceptors (Lipinski definition) is 4. The van der Waals surface area contributed by atoms with Gasteiger partial charge in [-0.25, -0.2) is 9.67 Å². The van der Waals surface area contributed by atoms with E-state index in [1.807, 2.05) is 12.1 Å². The molecule has 1 fully saturated rings. The van der Waals surface area contributed by atoms with Gasteiger partial charge in [0.15, 0.2) is 5.96 Å². The Labute approximate surface area is 184 Å². The number of guanidine groups is 1. The summed E-state index contributed by atoms with van der Waals surface area (Å²) >= 11 is 0. The van der Waals surface area contributed by atoms with Crippen LogP contribution in [0.25, 0.3) is 5.69 Å². The normalized spacial score (nSPS) is 15.1. The Balaban J connectivity index is 1.23. The van der Waals surface area contributed by atoms with Crippen LogP contribution in [0.2, 0.25) is 0 Å². The first-order valence-electron chi connectivity index (χ1n) is 11.0. The van der Waals surface area contributed by atoms with Crippen LogP contribution in [0.4, 0.5) is 0 Å². The molecule has 7 nitrogen and oxygen atoms in total. The standard InChI is InChI=1S/C24H31N7/c1-25-24(28-16-21-9-11-23(12-10-21)31-19-26-18-29-31)27-15-20-5-7-22(8-6-20)17-30-13-3-2-4-14-30/h5-12,18-19H,2-4,13-17H2,1H3,(H2,25,27,28). The molecule has 31 heavy (non-hydrogen) atoms. The Morgan fingerprint density at radius 1 is 0.871 bits per heavy atom. The fourth-order valence-electron chi connectivity index (χ4n) is 3.84. The zero-order chi connectivity index (χ0) is 21.3. The third kappa shape index (κ3) is 6.15. The lowest BCUT2D eigenvalue weighted by Crippen LogP contribution is -2.36. The van der Waals surface area contributed by atoms with Crippen molar-refractivity contribution in [1.82, 2.24) is 30.3 Å². The van der Waals surface area contributed by atoms with Crippen molar-refractivity contribution in [1.29, 1.82) is 0 Å². The molecule has 1 aromatic heterocycles. The number of benzene rings is 2. The van der Waals surface area contributed by atoms with Gasteiger partial charge in [-0.2, -0.15) is 5.10 Å². The van der Waals surface area contributed by atoms with Crippen LogP contribution in [0, 0.1) is 0 Å². The summed E-state index contributed by atoms with van der Waals surface area (Å²) in [6, 6.07) is 17.2. The van der Waals surface area contributed by atoms with E-state index in [1.165, 1.54) is 55.4 Å². The number of nitrogens with zero attached hydrogens (tertiary/aromatic N) is 5. The maximum atomic E-state index is 4.34. The molecular formula is C24H31N7. The van der Waals surface area contributed by atoms with Crippen LogP contribution in [0.15, 0.2) is 66.2 Å². The van der Waals surface area contributed by atoms with Crippen LogP contribution < -0.4 is 10.6 Å². The van der Waals surface area contributed by atoms with Crippen LogP contribution in [0.3, 0.4) is 0 Å². The minimum absolute atomic E-state index is 0.700. The first-order chi connectivity index (χ1) is 15.3. The summed E-state index contributed by atoms with van der Waals surface area (Å²) in [6.45, 7) is 4.97. The first-order valence-corrected chi connectivity index (χ1v) is 11.0. The predicted octanol–water partition coefficient (Wildman–Crippen LogP) is 3.12. The van der Waals surface area contributed by atoms with Crippen LogP contribution in [0.1, 0.15) is 36.0 Å². The van der Waals surface area contributed by atoms with E-state index in [0.717, 1.165) is 24.7 Å². The van der Waals surface area contributed by atoms with Gasteiger partial charge in [0.05, 0.1) is 5.69 Å². The van der Waals surface area contributed by atoms with E-state index in [0.29, 0.717) is 6.54 Å². The van der Waals surface area contributed by atoms with Crippen LogP contribution in [-0.2, 0) is 19.6 Å². The predicted molar refractivity (Wildman–Crippen MR) is 124 cm³/mol. The molecule has 0 spiro atoms. The molecule has 2 aromatic carbocycles. The quantitative estimate of drug-likeness (QED) is 0.457. The molecule has 2 N–H and O–H groups in total. The Kier molecular flexibility index (Phi) is 7.28. The van der Waals surface area contributed by atoms with Crippen molar-refractivity contribution in [2.24, 2.45) is 4.99 Å². The van der Waals surface area contributed by atoms with Gasteiger partial charge in [0.25, 0.3) is 0 Å². The average Bonchev–Trinajstić information content (AvgIpc) is 3.36. The van der Waals surface area contributed by atoms with E-state index in [-0.39, 0.29) is 0 Å². The summed E-state index contributed by atoms with van der Waals surface area (Å²) in [5.74, 6) is 0.790. The van der Waals surface area contributed by atoms with Crippen molar-refractivity contribution in [3.63, 3.8) is 0 Å². The molecule has 1 saturated heterocycles. The van der Waals surface area contributed by atoms with Gasteiger partial charge < -0.3 is 10.6 Å². The van der Waals surface area contributed by atoms with Gasteiger partial charge in [0, 0.05) is 26.7 Å². The average molecular weight is 418 g/mol. The smallest absolute Gasteiger partial charge is 0.191 e. The van der Waals surface area contributed by atoms with Crippen molar-refractivity contribution in [2.45, 2.75) is 38.9 Å². The maximum Gasteiger partial charge on any atom is 0.191 e. The van der Waals surface area contributed by atoms with Crippen molar-refractivity contribution in [3.8, 4) is 5.69 Å². The monoisotopic (exact) mass is 417 g/mol. The second kappa shape index (κ2) is 10.7. The molecule has 0 aliphatic carbocycles. The number of piperidine rings is 1. The number of aromatic nitrogens is 3. The third-order valence-electron chi connectivity index (χ3n) is 5.64. The second-order valence-electron chi connectivity index (χ2n) is 7.94. The van der Waals surface area contributed by atoms with Crippen molar-refractivity contribution < 1.29 is 0 Å². The number of likely N-dealkylation sites (tertiary alicyclic amines) is 1. The Hall–Kier alpha value is -3.19. The minimum Gasteiger partial charge on any atom is -0.352 e. The lowest BCUT2D eigenvalue weighted by Gasteiger charge is -2.26. The van der Waals surface area contributed by atoms with E-state index in [1.54, 1.807) is 18.1 Å². The molecular weight excluding hydrogens is 386 g/mol. The van der Waals surface area contributed by atoms with E-state index in [2.05, 4.69) is 67.0 Å². The van der Waals surface area contributed by atoms with E-state index in [4.69, 9.17) is 0 Å². The topological polar surface area (TPSA) is 70.4 Å². The zero-order valence-corrected chi connectivity index (χ0v) is 18.2. The third-order valence-corrected chi connectivity index (χ3v) is 5.64. The van der Waals surface area contributed by atoms with Gasteiger partial charge in [-0.15, -0.1) is 0 Å². The highest BCUT2D eigenvalue weighted by atomic mass is 15.3. The number of hydrogen-bond donors (Lipinski definition) is 2. The second-order valence-corrected chi connectivity index (χ2v) is 7.94. The summed E-state index contributed by atoms with van der Waals surface area (Å²) in [6.07, 6.45) is 7.28. The molecule has 0 atom stereocenters. The highest BCUT2D eigenvalue weighted by molar-refractivity contribution is 5.79. The summed E-state index contributed by atoms with van der Waals surface area (Å²) < 4.78 is 1.75. The SMILES string of the molecule is CN=C(NCc1ccc(CN2CCCCC2)cc1)NCc1ccc(-n2cncn2)cc1. The maximum absolute atomic E-state index is 4.34. The molecule has 0 bridgehead atoms. The summed E-state index contributed by atoms with van der Waals surface area (Å²) in [5.41, 5.74) is 4.81. The highest BCUT2D eigenvalue weighted by Gasteiger charge is 2.10.